The van der Waals surface area contributed by atoms with Crippen molar-refractivity contribution in [3.8, 4) is 17.3 Å². The molecule has 0 amide bonds. The van der Waals surface area contributed by atoms with Crippen LogP contribution in [-0.2, 0) is 10.2 Å². The molecule has 1 aromatic heterocycles. The van der Waals surface area contributed by atoms with Gasteiger partial charge < -0.3 is 0 Å². The molecule has 6 nitrogen and oxygen atoms in total. The SMILES string of the molecule is Cc1cccc(-c2c(Cl)nc(C#N)n2S(=O)(=O)N(C)C)c1. The van der Waals surface area contributed by atoms with E-state index in [0.29, 0.717) is 5.56 Å². The average Bonchev–Trinajstić information content (AvgIpc) is 2.76. The first kappa shape index (κ1) is 15.5. The Labute approximate surface area is 128 Å². The van der Waals surface area contributed by atoms with E-state index >= 15 is 0 Å². The topological polar surface area (TPSA) is 79.0 Å². The number of hydrogen-bond donors (Lipinski definition) is 0. The Hall–Kier alpha value is -1.88. The number of hydrogen-bond acceptors (Lipinski definition) is 4. The minimum absolute atomic E-state index is 0.0254. The number of aryl methyl sites for hydroxylation is 1. The van der Waals surface area contributed by atoms with Crippen molar-refractivity contribution < 1.29 is 8.42 Å². The summed E-state index contributed by atoms with van der Waals surface area (Å²) in [6.45, 7) is 1.88. The zero-order valence-electron chi connectivity index (χ0n) is 11.7. The van der Waals surface area contributed by atoms with E-state index in [1.807, 2.05) is 13.0 Å². The van der Waals surface area contributed by atoms with E-state index in [-0.39, 0.29) is 16.7 Å². The molecule has 0 unspecified atom stereocenters. The highest BCUT2D eigenvalue weighted by Gasteiger charge is 2.28. The molecule has 0 bridgehead atoms. The molecule has 2 aromatic rings. The van der Waals surface area contributed by atoms with Gasteiger partial charge in [0.2, 0.25) is 5.82 Å². The number of nitriles is 1. The van der Waals surface area contributed by atoms with Gasteiger partial charge in [-0.2, -0.15) is 22.0 Å². The van der Waals surface area contributed by atoms with Crippen molar-refractivity contribution in [1.82, 2.24) is 13.3 Å². The first-order valence-electron chi connectivity index (χ1n) is 5.97. The maximum absolute atomic E-state index is 12.4. The minimum Gasteiger partial charge on any atom is -0.205 e. The molecule has 110 valence electrons. The van der Waals surface area contributed by atoms with Crippen LogP contribution in [0.25, 0.3) is 11.3 Å². The van der Waals surface area contributed by atoms with Crippen LogP contribution in [0.3, 0.4) is 0 Å². The number of rotatable bonds is 3. The number of halogens is 1. The number of aromatic nitrogens is 2. The second-order valence-electron chi connectivity index (χ2n) is 4.61. The average molecular weight is 325 g/mol. The number of nitrogens with zero attached hydrogens (tertiary/aromatic N) is 4. The van der Waals surface area contributed by atoms with E-state index in [9.17, 15) is 8.42 Å². The van der Waals surface area contributed by atoms with Gasteiger partial charge in [-0.15, -0.1) is 0 Å². The van der Waals surface area contributed by atoms with Crippen molar-refractivity contribution in [2.45, 2.75) is 6.92 Å². The van der Waals surface area contributed by atoms with Crippen LogP contribution in [0.2, 0.25) is 5.15 Å². The summed E-state index contributed by atoms with van der Waals surface area (Å²) in [5.41, 5.74) is 1.71. The molecule has 0 aliphatic heterocycles. The van der Waals surface area contributed by atoms with E-state index in [4.69, 9.17) is 16.9 Å². The van der Waals surface area contributed by atoms with Crippen LogP contribution in [0.1, 0.15) is 11.4 Å². The van der Waals surface area contributed by atoms with Crippen molar-refractivity contribution >= 4 is 21.8 Å². The largest absolute Gasteiger partial charge is 0.309 e. The van der Waals surface area contributed by atoms with Gasteiger partial charge in [-0.3, -0.25) is 0 Å². The van der Waals surface area contributed by atoms with E-state index < -0.39 is 10.2 Å². The lowest BCUT2D eigenvalue weighted by Crippen LogP contribution is -2.30. The fourth-order valence-corrected chi connectivity index (χ4v) is 3.24. The van der Waals surface area contributed by atoms with Crippen LogP contribution in [0.15, 0.2) is 24.3 Å². The van der Waals surface area contributed by atoms with Gasteiger partial charge in [0, 0.05) is 19.7 Å². The lowest BCUT2D eigenvalue weighted by molar-refractivity contribution is 0.510. The third-order valence-electron chi connectivity index (χ3n) is 2.88. The van der Waals surface area contributed by atoms with Gasteiger partial charge in [0.05, 0.1) is 0 Å². The van der Waals surface area contributed by atoms with E-state index in [2.05, 4.69) is 4.98 Å². The van der Waals surface area contributed by atoms with Crippen LogP contribution < -0.4 is 0 Å². The van der Waals surface area contributed by atoms with Gasteiger partial charge in [-0.1, -0.05) is 35.4 Å². The Morgan fingerprint density at radius 3 is 2.57 bits per heavy atom. The fourth-order valence-electron chi connectivity index (χ4n) is 1.87. The monoisotopic (exact) mass is 324 g/mol. The van der Waals surface area contributed by atoms with Crippen LogP contribution in [0, 0.1) is 18.3 Å². The third kappa shape index (κ3) is 2.65. The summed E-state index contributed by atoms with van der Waals surface area (Å²) in [5.74, 6) is -0.273. The molecule has 0 saturated carbocycles. The molecular formula is C13H13ClN4O2S. The highest BCUT2D eigenvalue weighted by Crippen LogP contribution is 2.31. The molecule has 2 rings (SSSR count). The molecule has 0 aliphatic carbocycles. The van der Waals surface area contributed by atoms with E-state index in [1.54, 1.807) is 24.3 Å². The Balaban J connectivity index is 2.86. The molecule has 0 aliphatic rings. The molecule has 8 heteroatoms. The molecule has 0 atom stereocenters. The third-order valence-corrected chi connectivity index (χ3v) is 4.88. The second-order valence-corrected chi connectivity index (χ2v) is 6.96. The van der Waals surface area contributed by atoms with Gasteiger partial charge in [0.15, 0.2) is 5.15 Å². The van der Waals surface area contributed by atoms with E-state index in [1.165, 1.54) is 14.1 Å². The second kappa shape index (κ2) is 5.48. The molecule has 0 N–H and O–H groups in total. The van der Waals surface area contributed by atoms with Crippen LogP contribution in [-0.4, -0.2) is 35.8 Å². The van der Waals surface area contributed by atoms with Gasteiger partial charge in [-0.05, 0) is 13.0 Å². The highest BCUT2D eigenvalue weighted by molar-refractivity contribution is 7.87. The van der Waals surface area contributed by atoms with Crippen molar-refractivity contribution in [1.29, 1.82) is 5.26 Å². The van der Waals surface area contributed by atoms with Gasteiger partial charge in [-0.25, -0.2) is 4.98 Å². The minimum atomic E-state index is -3.91. The fraction of sp³-hybridized carbons (Fsp3) is 0.231. The Morgan fingerprint density at radius 1 is 1.38 bits per heavy atom. The van der Waals surface area contributed by atoms with Crippen LogP contribution in [0.4, 0.5) is 0 Å². The summed E-state index contributed by atoms with van der Waals surface area (Å²) in [7, 11) is -1.15. The summed E-state index contributed by atoms with van der Waals surface area (Å²) >= 11 is 6.06. The van der Waals surface area contributed by atoms with E-state index in [0.717, 1.165) is 13.8 Å². The quantitative estimate of drug-likeness (QED) is 0.865. The van der Waals surface area contributed by atoms with Crippen molar-refractivity contribution in [2.75, 3.05) is 14.1 Å². The van der Waals surface area contributed by atoms with Crippen molar-refractivity contribution in [3.05, 3.63) is 40.8 Å². The molecular weight excluding hydrogens is 312 g/mol. The van der Waals surface area contributed by atoms with Gasteiger partial charge in [0.1, 0.15) is 11.8 Å². The zero-order valence-corrected chi connectivity index (χ0v) is 13.3. The van der Waals surface area contributed by atoms with Gasteiger partial charge in [0.25, 0.3) is 0 Å². The Kier molecular flexibility index (Phi) is 4.05. The number of imidazole rings is 1. The molecule has 0 radical (unpaired) electrons. The summed E-state index contributed by atoms with van der Waals surface area (Å²) in [6.07, 6.45) is 0. The summed E-state index contributed by atoms with van der Waals surface area (Å²) in [6, 6.07) is 8.93. The lowest BCUT2D eigenvalue weighted by Gasteiger charge is -2.15. The molecule has 0 spiro atoms. The predicted molar refractivity (Wildman–Crippen MR) is 80.1 cm³/mol. The molecule has 0 fully saturated rings. The lowest BCUT2D eigenvalue weighted by atomic mass is 10.1. The molecule has 1 aromatic carbocycles. The van der Waals surface area contributed by atoms with Crippen LogP contribution >= 0.6 is 11.6 Å². The van der Waals surface area contributed by atoms with Crippen LogP contribution in [0.5, 0.6) is 0 Å². The maximum Gasteiger partial charge on any atom is 0.309 e. The smallest absolute Gasteiger partial charge is 0.205 e. The predicted octanol–water partition coefficient (Wildman–Crippen LogP) is 2.04. The summed E-state index contributed by atoms with van der Waals surface area (Å²) in [5, 5.41) is 9.10. The molecule has 21 heavy (non-hydrogen) atoms. The van der Waals surface area contributed by atoms with Gasteiger partial charge >= 0.3 is 10.2 Å². The zero-order chi connectivity index (χ0) is 15.8. The summed E-state index contributed by atoms with van der Waals surface area (Å²) < 4.78 is 26.8. The molecule has 1 heterocycles. The molecule has 0 saturated heterocycles. The Bertz CT molecular complexity index is 834. The first-order chi connectivity index (χ1) is 9.78. The first-order valence-corrected chi connectivity index (χ1v) is 7.75. The van der Waals surface area contributed by atoms with Crippen molar-refractivity contribution in [2.24, 2.45) is 0 Å². The normalized spacial score (nSPS) is 11.6. The summed E-state index contributed by atoms with van der Waals surface area (Å²) in [4.78, 5) is 3.85. The standard InChI is InChI=1S/C13H13ClN4O2S/c1-9-5-4-6-10(7-9)12-13(14)16-11(8-15)18(12)21(19,20)17(2)3/h4-7H,1-3H3. The van der Waals surface area contributed by atoms with Crippen molar-refractivity contribution in [3.63, 3.8) is 0 Å². The number of benzene rings is 1. The Morgan fingerprint density at radius 2 is 2.05 bits per heavy atom. The maximum atomic E-state index is 12.4. The highest BCUT2D eigenvalue weighted by atomic mass is 35.5.